The predicted octanol–water partition coefficient (Wildman–Crippen LogP) is 2.92. The number of anilines is 2. The van der Waals surface area contributed by atoms with Gasteiger partial charge in [0.25, 0.3) is 5.56 Å². The standard InChI is InChI=1S/C23H24F6N6O4/c1-12(32-15-10-31-34-19(37)17(15)23(27,28)29)11-39-7-2-16(36)35-5-3-21(4-6-35)18-14(33-20(21)38)8-13(9-30-18)22(24,25)26/h8-10,12H,2-7,11H2,1H3,(H,33,38)(H2,32,34,37)/t12-/m1/s1. The lowest BCUT2D eigenvalue weighted by atomic mass is 9.76. The number of halogens is 6. The zero-order valence-corrected chi connectivity index (χ0v) is 20.5. The number of carbonyl (C=O) groups excluding carboxylic acids is 2. The normalized spacial score (nSPS) is 17.6. The molecule has 212 valence electrons. The smallest absolute Gasteiger partial charge is 0.379 e. The van der Waals surface area contributed by atoms with Crippen LogP contribution in [0.25, 0.3) is 0 Å². The van der Waals surface area contributed by atoms with Gasteiger partial charge in [-0.1, -0.05) is 0 Å². The molecular weight excluding hydrogens is 538 g/mol. The van der Waals surface area contributed by atoms with Crippen molar-refractivity contribution in [3.8, 4) is 0 Å². The Balaban J connectivity index is 1.26. The van der Waals surface area contributed by atoms with Crippen LogP contribution in [0.2, 0.25) is 0 Å². The molecule has 2 aliphatic rings. The average molecular weight is 562 g/mol. The second-order valence-corrected chi connectivity index (χ2v) is 9.39. The first-order valence-electron chi connectivity index (χ1n) is 11.9. The number of hydrogen-bond acceptors (Lipinski definition) is 7. The molecule has 3 N–H and O–H groups in total. The van der Waals surface area contributed by atoms with Crippen LogP contribution < -0.4 is 16.2 Å². The van der Waals surface area contributed by atoms with Crippen molar-refractivity contribution in [3.63, 3.8) is 0 Å². The zero-order valence-electron chi connectivity index (χ0n) is 20.5. The Bertz CT molecular complexity index is 1300. The molecule has 0 aliphatic carbocycles. The molecular formula is C23H24F6N6O4. The van der Waals surface area contributed by atoms with Gasteiger partial charge in [0, 0.05) is 25.3 Å². The minimum absolute atomic E-state index is 0.0176. The summed E-state index contributed by atoms with van der Waals surface area (Å²) in [6.07, 6.45) is -7.60. The highest BCUT2D eigenvalue weighted by Gasteiger charge is 2.51. The van der Waals surface area contributed by atoms with Crippen molar-refractivity contribution in [2.24, 2.45) is 0 Å². The van der Waals surface area contributed by atoms with Crippen LogP contribution in [-0.2, 0) is 32.1 Å². The van der Waals surface area contributed by atoms with Gasteiger partial charge in [-0.2, -0.15) is 31.4 Å². The summed E-state index contributed by atoms with van der Waals surface area (Å²) in [5.74, 6) is -0.729. The number of aromatic nitrogens is 3. The van der Waals surface area contributed by atoms with Gasteiger partial charge in [0.2, 0.25) is 11.8 Å². The van der Waals surface area contributed by atoms with E-state index in [-0.39, 0.29) is 62.9 Å². The number of amides is 2. The summed E-state index contributed by atoms with van der Waals surface area (Å²) in [6, 6.07) is 0.210. The van der Waals surface area contributed by atoms with E-state index in [1.54, 1.807) is 5.10 Å². The molecule has 4 rings (SSSR count). The van der Waals surface area contributed by atoms with E-state index < -0.39 is 52.1 Å². The summed E-state index contributed by atoms with van der Waals surface area (Å²) < 4.78 is 83.9. The SMILES string of the molecule is C[C@H](COCCC(=O)N1CCC2(CC1)C(=O)Nc1cc(C(F)(F)F)cnc12)Nc1cn[nH]c(=O)c1C(F)(F)F. The number of aromatic amines is 1. The molecule has 16 heteroatoms. The van der Waals surface area contributed by atoms with E-state index in [4.69, 9.17) is 4.74 Å². The number of rotatable bonds is 7. The number of fused-ring (bicyclic) bond motifs is 2. The van der Waals surface area contributed by atoms with Gasteiger partial charge in [0.1, 0.15) is 5.56 Å². The van der Waals surface area contributed by atoms with E-state index in [0.29, 0.717) is 6.20 Å². The molecule has 2 aliphatic heterocycles. The van der Waals surface area contributed by atoms with Crippen LogP contribution in [0.1, 0.15) is 43.0 Å². The number of pyridine rings is 1. The number of likely N-dealkylation sites (tertiary alicyclic amines) is 1. The lowest BCUT2D eigenvalue weighted by Crippen LogP contribution is -2.48. The summed E-state index contributed by atoms with van der Waals surface area (Å²) in [7, 11) is 0. The predicted molar refractivity (Wildman–Crippen MR) is 124 cm³/mol. The topological polar surface area (TPSA) is 129 Å². The fourth-order valence-corrected chi connectivity index (χ4v) is 4.72. The first-order chi connectivity index (χ1) is 18.2. The van der Waals surface area contributed by atoms with Gasteiger partial charge in [-0.05, 0) is 25.8 Å². The summed E-state index contributed by atoms with van der Waals surface area (Å²) in [5.41, 5.74) is -5.11. The Labute approximate surface area is 217 Å². The van der Waals surface area contributed by atoms with Gasteiger partial charge in [-0.3, -0.25) is 19.4 Å². The molecule has 0 aromatic carbocycles. The van der Waals surface area contributed by atoms with E-state index in [2.05, 4.69) is 20.7 Å². The molecule has 0 saturated carbocycles. The third-order valence-corrected chi connectivity index (χ3v) is 6.69. The molecule has 1 atom stereocenters. The van der Waals surface area contributed by atoms with E-state index in [1.165, 1.54) is 11.8 Å². The molecule has 2 aromatic rings. The number of carbonyl (C=O) groups is 2. The van der Waals surface area contributed by atoms with Crippen LogP contribution in [0, 0.1) is 0 Å². The molecule has 2 aromatic heterocycles. The largest absolute Gasteiger partial charge is 0.423 e. The van der Waals surface area contributed by atoms with Crippen LogP contribution in [0.4, 0.5) is 37.7 Å². The van der Waals surface area contributed by atoms with Crippen molar-refractivity contribution in [2.75, 3.05) is 36.9 Å². The van der Waals surface area contributed by atoms with Crippen molar-refractivity contribution < 1.29 is 40.7 Å². The molecule has 0 bridgehead atoms. The highest BCUT2D eigenvalue weighted by Crippen LogP contribution is 2.45. The molecule has 4 heterocycles. The van der Waals surface area contributed by atoms with Crippen molar-refractivity contribution in [1.82, 2.24) is 20.1 Å². The maximum Gasteiger partial charge on any atom is 0.423 e. The van der Waals surface area contributed by atoms with Crippen molar-refractivity contribution in [2.45, 2.75) is 50.0 Å². The van der Waals surface area contributed by atoms with Crippen LogP contribution in [0.3, 0.4) is 0 Å². The van der Waals surface area contributed by atoms with Crippen LogP contribution in [-0.4, -0.2) is 64.2 Å². The Kier molecular flexibility index (Phi) is 7.60. The second-order valence-electron chi connectivity index (χ2n) is 9.39. The maximum absolute atomic E-state index is 13.2. The Morgan fingerprint density at radius 1 is 1.15 bits per heavy atom. The first kappa shape index (κ1) is 28.3. The second kappa shape index (κ2) is 10.5. The Morgan fingerprint density at radius 3 is 2.49 bits per heavy atom. The van der Waals surface area contributed by atoms with Gasteiger partial charge in [0.05, 0.1) is 53.9 Å². The monoisotopic (exact) mass is 562 g/mol. The summed E-state index contributed by atoms with van der Waals surface area (Å²) in [6.45, 7) is 1.80. The molecule has 1 spiro atoms. The van der Waals surface area contributed by atoms with E-state index in [9.17, 15) is 40.7 Å². The Morgan fingerprint density at radius 2 is 1.85 bits per heavy atom. The lowest BCUT2D eigenvalue weighted by molar-refractivity contribution is -0.138. The summed E-state index contributed by atoms with van der Waals surface area (Å²) >= 11 is 0. The first-order valence-corrected chi connectivity index (χ1v) is 11.9. The fourth-order valence-electron chi connectivity index (χ4n) is 4.72. The number of nitrogens with zero attached hydrogens (tertiary/aromatic N) is 3. The van der Waals surface area contributed by atoms with Crippen LogP contribution in [0.5, 0.6) is 0 Å². The Hall–Kier alpha value is -3.69. The van der Waals surface area contributed by atoms with Crippen molar-refractivity contribution >= 4 is 23.2 Å². The molecule has 10 nitrogen and oxygen atoms in total. The third kappa shape index (κ3) is 5.84. The van der Waals surface area contributed by atoms with E-state index in [0.717, 1.165) is 12.3 Å². The van der Waals surface area contributed by atoms with Crippen LogP contribution >= 0.6 is 0 Å². The molecule has 0 radical (unpaired) electrons. The third-order valence-electron chi connectivity index (χ3n) is 6.69. The molecule has 1 fully saturated rings. The summed E-state index contributed by atoms with van der Waals surface area (Å²) in [5, 5.41) is 10.1. The minimum Gasteiger partial charge on any atom is -0.379 e. The average Bonchev–Trinajstić information content (AvgIpc) is 3.11. The van der Waals surface area contributed by atoms with Gasteiger partial charge in [0.15, 0.2) is 0 Å². The van der Waals surface area contributed by atoms with Gasteiger partial charge in [-0.25, -0.2) is 5.10 Å². The number of H-pyrrole nitrogens is 1. The van der Waals surface area contributed by atoms with Crippen LogP contribution in [0.15, 0.2) is 23.3 Å². The highest BCUT2D eigenvalue weighted by atomic mass is 19.4. The molecule has 2 amide bonds. The number of alkyl halides is 6. The number of nitrogens with one attached hydrogen (secondary N) is 3. The lowest BCUT2D eigenvalue weighted by Gasteiger charge is -2.37. The van der Waals surface area contributed by atoms with Gasteiger partial charge >= 0.3 is 12.4 Å². The van der Waals surface area contributed by atoms with Crippen molar-refractivity contribution in [3.05, 3.63) is 45.6 Å². The fraction of sp³-hybridized carbons (Fsp3) is 0.522. The summed E-state index contributed by atoms with van der Waals surface area (Å²) in [4.78, 5) is 42.3. The zero-order chi connectivity index (χ0) is 28.6. The quantitative estimate of drug-likeness (QED) is 0.350. The minimum atomic E-state index is -4.89. The molecule has 1 saturated heterocycles. The molecule has 0 unspecified atom stereocenters. The maximum atomic E-state index is 13.2. The van der Waals surface area contributed by atoms with E-state index in [1.807, 2.05) is 0 Å². The number of ether oxygens (including phenoxy) is 1. The van der Waals surface area contributed by atoms with Gasteiger partial charge < -0.3 is 20.3 Å². The number of hydrogen-bond donors (Lipinski definition) is 3. The highest BCUT2D eigenvalue weighted by molar-refractivity contribution is 6.05. The van der Waals surface area contributed by atoms with E-state index >= 15 is 0 Å². The number of piperidine rings is 1. The molecule has 39 heavy (non-hydrogen) atoms. The van der Waals surface area contributed by atoms with Gasteiger partial charge in [-0.15, -0.1) is 0 Å². The van der Waals surface area contributed by atoms with Crippen molar-refractivity contribution in [1.29, 1.82) is 0 Å².